The van der Waals surface area contributed by atoms with Crippen LogP contribution in [0.1, 0.15) is 78.5 Å². The smallest absolute Gasteiger partial charge is 0.251 e. The van der Waals surface area contributed by atoms with Crippen LogP contribution in [0.5, 0.6) is 0 Å². The van der Waals surface area contributed by atoms with Gasteiger partial charge in [-0.1, -0.05) is 92.4 Å². The standard InChI is InChI=1S/C62H64N10O2/c63-48-27-34-55(58(41-48)70-51-15-7-5-8-16-51)69-52-31-29-50(30-32-52)65-37-11-1-3-13-39-67-61(73)46-23-19-44(20-24-46)45-21-25-47(26-22-45)62(74)68-40-14-4-2-12-38-66-53-33-36-57-60(43-53)72(54-17-9-6-10-18-54)59-42-49(64)28-35-56(59)71-57/h5-10,15-31,33-36,41-43,65,70H,1-4,11-14,32,37-40,63H2,(H4,64,66,67,68,73,74)/p+2. The summed E-state index contributed by atoms with van der Waals surface area (Å²) in [6, 6.07) is 53.8. The highest BCUT2D eigenvalue weighted by Crippen LogP contribution is 2.27. The maximum absolute atomic E-state index is 12.9. The van der Waals surface area contributed by atoms with E-state index in [1.807, 2.05) is 121 Å². The molecule has 0 fully saturated rings. The summed E-state index contributed by atoms with van der Waals surface area (Å²) in [4.78, 5) is 35.7. The minimum atomic E-state index is -0.0743. The van der Waals surface area contributed by atoms with Gasteiger partial charge in [0.1, 0.15) is 22.4 Å². The lowest BCUT2D eigenvalue weighted by Crippen LogP contribution is -2.71. The molecule has 0 atom stereocenters. The van der Waals surface area contributed by atoms with E-state index in [-0.39, 0.29) is 11.8 Å². The minimum absolute atomic E-state index is 0.0698. The first-order valence-corrected chi connectivity index (χ1v) is 25.9. The number of rotatable bonds is 23. The van der Waals surface area contributed by atoms with Crippen LogP contribution < -0.4 is 42.6 Å². The molecule has 0 spiro atoms. The molecule has 1 aliphatic rings. The van der Waals surface area contributed by atoms with Crippen LogP contribution in [0.25, 0.3) is 38.9 Å². The van der Waals surface area contributed by atoms with Gasteiger partial charge in [0.25, 0.3) is 11.8 Å². The molecule has 1 aliphatic carbocycles. The van der Waals surface area contributed by atoms with Crippen molar-refractivity contribution in [3.05, 3.63) is 199 Å². The van der Waals surface area contributed by atoms with Gasteiger partial charge in [-0.2, -0.15) is 0 Å². The van der Waals surface area contributed by atoms with Crippen molar-refractivity contribution in [2.75, 3.05) is 43.0 Å². The number of aromatic nitrogens is 2. The summed E-state index contributed by atoms with van der Waals surface area (Å²) < 4.78 is 2.22. The van der Waals surface area contributed by atoms with Crippen LogP contribution in [-0.2, 0) is 0 Å². The van der Waals surface area contributed by atoms with Gasteiger partial charge in [-0.15, -0.1) is 4.57 Å². The summed E-state index contributed by atoms with van der Waals surface area (Å²) in [6.45, 7) is 3.01. The normalized spacial score (nSPS) is 12.7. The highest BCUT2D eigenvalue weighted by atomic mass is 16.2. The number of nitrogens with two attached hydrogens (primary N) is 3. The van der Waals surface area contributed by atoms with Crippen LogP contribution in [0.2, 0.25) is 0 Å². The summed E-state index contributed by atoms with van der Waals surface area (Å²) in [5.41, 5.74) is 28.0. The van der Waals surface area contributed by atoms with E-state index < -0.39 is 0 Å². The maximum Gasteiger partial charge on any atom is 0.251 e. The van der Waals surface area contributed by atoms with E-state index in [2.05, 4.69) is 91.8 Å². The number of quaternary nitrogens is 1. The molecule has 1 aromatic heterocycles. The van der Waals surface area contributed by atoms with Crippen molar-refractivity contribution in [2.24, 2.45) is 4.99 Å². The zero-order valence-electron chi connectivity index (χ0n) is 41.9. The van der Waals surface area contributed by atoms with Gasteiger partial charge in [0.15, 0.2) is 5.69 Å². The maximum atomic E-state index is 12.9. The number of hydrogen-bond acceptors (Lipinski definition) is 8. The molecular weight excluding hydrogens is 917 g/mol. The molecule has 2 amide bonds. The SMILES string of the molecule is Nc1ccc(N=C2C=CC(NCCCCCCNC(=O)c3ccc(-c4ccc(C(=O)NCCCCCCNc5ccc6nc7ccc(N)cc7[n+](-c7ccccc7)c6c5)cc4)cc3)=CC2)c([NH2+]c2ccccc2)c1. The Kier molecular flexibility index (Phi) is 17.1. The summed E-state index contributed by atoms with van der Waals surface area (Å²) in [5, 5.41) is 15.4. The molecule has 12 heteroatoms. The predicted molar refractivity (Wildman–Crippen MR) is 303 cm³/mol. The molecule has 0 saturated carbocycles. The summed E-state index contributed by atoms with van der Waals surface area (Å²) >= 11 is 0. The van der Waals surface area contributed by atoms with E-state index in [1.54, 1.807) is 0 Å². The number of anilines is 3. The molecule has 0 bridgehead atoms. The largest absolute Gasteiger partial charge is 0.399 e. The van der Waals surface area contributed by atoms with Gasteiger partial charge in [0, 0.05) is 103 Å². The minimum Gasteiger partial charge on any atom is -0.399 e. The second-order valence-electron chi connectivity index (χ2n) is 18.8. The van der Waals surface area contributed by atoms with Gasteiger partial charge in [-0.05, 0) is 122 Å². The third-order valence-corrected chi connectivity index (χ3v) is 13.2. The second-order valence-corrected chi connectivity index (χ2v) is 18.8. The average Bonchev–Trinajstić information content (AvgIpc) is 3.44. The Morgan fingerprint density at radius 3 is 1.73 bits per heavy atom. The number of carbonyl (C=O) groups excluding carboxylic acids is 2. The number of benzene rings is 7. The first-order chi connectivity index (χ1) is 36.3. The molecule has 374 valence electrons. The van der Waals surface area contributed by atoms with Gasteiger partial charge in [-0.25, -0.2) is 9.98 Å². The molecule has 0 radical (unpaired) electrons. The Bertz CT molecular complexity index is 3280. The summed E-state index contributed by atoms with van der Waals surface area (Å²) in [6.07, 6.45) is 15.2. The number of fused-ring (bicyclic) bond motifs is 2. The first kappa shape index (κ1) is 50.3. The van der Waals surface area contributed by atoms with Crippen molar-refractivity contribution in [1.82, 2.24) is 20.9 Å². The molecule has 0 saturated heterocycles. The Morgan fingerprint density at radius 1 is 0.554 bits per heavy atom. The van der Waals surface area contributed by atoms with E-state index in [0.717, 1.165) is 144 Å². The van der Waals surface area contributed by atoms with E-state index >= 15 is 0 Å². The van der Waals surface area contributed by atoms with Gasteiger partial charge in [0.2, 0.25) is 16.7 Å². The van der Waals surface area contributed by atoms with Crippen molar-refractivity contribution < 1.29 is 19.5 Å². The van der Waals surface area contributed by atoms with Crippen molar-refractivity contribution in [2.45, 2.75) is 57.8 Å². The van der Waals surface area contributed by atoms with Crippen LogP contribution in [0, 0.1) is 0 Å². The summed E-state index contributed by atoms with van der Waals surface area (Å²) in [5.74, 6) is -0.144. The fraction of sp³-hybridized carbons (Fsp3) is 0.210. The van der Waals surface area contributed by atoms with Crippen molar-refractivity contribution in [3.63, 3.8) is 0 Å². The molecule has 74 heavy (non-hydrogen) atoms. The number of para-hydroxylation sites is 2. The van der Waals surface area contributed by atoms with Crippen LogP contribution in [0.4, 0.5) is 34.1 Å². The van der Waals surface area contributed by atoms with E-state index in [1.165, 1.54) is 0 Å². The number of allylic oxidation sites excluding steroid dienone is 3. The van der Waals surface area contributed by atoms with Crippen molar-refractivity contribution >= 4 is 73.7 Å². The Hall–Kier alpha value is -8.61. The van der Waals surface area contributed by atoms with E-state index in [0.29, 0.717) is 35.6 Å². The molecule has 7 aromatic carbocycles. The number of nitrogens with one attached hydrogen (secondary N) is 4. The number of nitrogen functional groups attached to an aromatic ring is 2. The Balaban J connectivity index is 0.623. The van der Waals surface area contributed by atoms with Gasteiger partial charge >= 0.3 is 0 Å². The monoisotopic (exact) mass is 983 g/mol. The second kappa shape index (κ2) is 25.2. The molecular formula is C62H66N10O2+2. The van der Waals surface area contributed by atoms with Gasteiger partial charge in [-0.3, -0.25) is 14.9 Å². The molecule has 0 unspecified atom stereocenters. The number of unbranched alkanes of at least 4 members (excludes halogenated alkanes) is 6. The van der Waals surface area contributed by atoms with Crippen LogP contribution in [0.3, 0.4) is 0 Å². The highest BCUT2D eigenvalue weighted by molar-refractivity contribution is 6.00. The first-order valence-electron chi connectivity index (χ1n) is 25.9. The zero-order chi connectivity index (χ0) is 50.9. The molecule has 8 aromatic rings. The molecule has 10 N–H and O–H groups in total. The average molecular weight is 983 g/mol. The number of carbonyl (C=O) groups is 2. The Morgan fingerprint density at radius 2 is 1.11 bits per heavy atom. The fourth-order valence-electron chi connectivity index (χ4n) is 9.17. The third kappa shape index (κ3) is 13.7. The van der Waals surface area contributed by atoms with Gasteiger partial charge < -0.3 is 32.7 Å². The number of hydrogen-bond donors (Lipinski definition) is 7. The predicted octanol–water partition coefficient (Wildman–Crippen LogP) is 10.9. The molecule has 1 heterocycles. The van der Waals surface area contributed by atoms with Crippen LogP contribution >= 0.6 is 0 Å². The number of nitrogens with zero attached hydrogens (tertiary/aromatic N) is 3. The quantitative estimate of drug-likeness (QED) is 0.0144. The number of amides is 2. The Labute approximate surface area is 433 Å². The lowest BCUT2D eigenvalue weighted by molar-refractivity contribution is -0.538. The highest BCUT2D eigenvalue weighted by Gasteiger charge is 2.20. The van der Waals surface area contributed by atoms with Crippen LogP contribution in [-0.4, -0.2) is 48.7 Å². The molecule has 12 nitrogen and oxygen atoms in total. The van der Waals surface area contributed by atoms with Crippen LogP contribution in [0.15, 0.2) is 193 Å². The van der Waals surface area contributed by atoms with E-state index in [4.69, 9.17) is 21.4 Å². The van der Waals surface area contributed by atoms with Crippen molar-refractivity contribution in [1.29, 1.82) is 0 Å². The third-order valence-electron chi connectivity index (χ3n) is 13.2. The zero-order valence-corrected chi connectivity index (χ0v) is 41.9. The number of aliphatic imine (C=N–C) groups is 1. The molecule has 0 aliphatic heterocycles. The topological polar surface area (TPSA) is 180 Å². The lowest BCUT2D eigenvalue weighted by atomic mass is 10.0. The summed E-state index contributed by atoms with van der Waals surface area (Å²) in [7, 11) is 0. The van der Waals surface area contributed by atoms with Gasteiger partial charge in [0.05, 0.1) is 0 Å². The fourth-order valence-corrected chi connectivity index (χ4v) is 9.17. The molecule has 9 rings (SSSR count). The van der Waals surface area contributed by atoms with E-state index in [9.17, 15) is 9.59 Å². The lowest BCUT2D eigenvalue weighted by Gasteiger charge is -2.12. The van der Waals surface area contributed by atoms with Crippen molar-refractivity contribution in [3.8, 4) is 16.8 Å².